The highest BCUT2D eigenvalue weighted by Crippen LogP contribution is 2.26. The molecular weight excluding hydrogens is 174 g/mol. The lowest BCUT2D eigenvalue weighted by molar-refractivity contribution is -0.0925. The SMILES string of the molecule is CC(C)CC1CNCC(C(C)(C)C)O1. The molecule has 0 aromatic carbocycles. The fourth-order valence-corrected chi connectivity index (χ4v) is 1.88. The van der Waals surface area contributed by atoms with Gasteiger partial charge in [0.2, 0.25) is 0 Å². The summed E-state index contributed by atoms with van der Waals surface area (Å²) in [6.45, 7) is 13.3. The molecule has 0 saturated carbocycles. The molecule has 2 unspecified atom stereocenters. The molecular formula is C12H25NO. The van der Waals surface area contributed by atoms with Crippen LogP contribution in [0.5, 0.6) is 0 Å². The number of hydrogen-bond acceptors (Lipinski definition) is 2. The average molecular weight is 199 g/mol. The fourth-order valence-electron chi connectivity index (χ4n) is 1.88. The Morgan fingerprint density at radius 1 is 1.29 bits per heavy atom. The lowest BCUT2D eigenvalue weighted by Crippen LogP contribution is -2.50. The Bertz CT molecular complexity index is 172. The summed E-state index contributed by atoms with van der Waals surface area (Å²) in [5.41, 5.74) is 0.253. The number of rotatable bonds is 2. The van der Waals surface area contributed by atoms with Crippen molar-refractivity contribution in [2.75, 3.05) is 13.1 Å². The number of hydrogen-bond donors (Lipinski definition) is 1. The number of morpholine rings is 1. The van der Waals surface area contributed by atoms with Gasteiger partial charge in [-0.2, -0.15) is 0 Å². The first-order valence-electron chi connectivity index (χ1n) is 5.75. The molecule has 0 bridgehead atoms. The maximum atomic E-state index is 6.10. The van der Waals surface area contributed by atoms with Crippen LogP contribution in [-0.4, -0.2) is 25.3 Å². The molecule has 2 atom stereocenters. The van der Waals surface area contributed by atoms with Crippen molar-refractivity contribution in [1.82, 2.24) is 5.32 Å². The van der Waals surface area contributed by atoms with Gasteiger partial charge in [0.25, 0.3) is 0 Å². The number of nitrogens with one attached hydrogen (secondary N) is 1. The summed E-state index contributed by atoms with van der Waals surface area (Å²) in [5.74, 6) is 0.723. The first kappa shape index (κ1) is 12.0. The second-order valence-electron chi connectivity index (χ2n) is 5.90. The van der Waals surface area contributed by atoms with Crippen molar-refractivity contribution < 1.29 is 4.74 Å². The van der Waals surface area contributed by atoms with Gasteiger partial charge in [-0.25, -0.2) is 0 Å². The summed E-state index contributed by atoms with van der Waals surface area (Å²) >= 11 is 0. The first-order chi connectivity index (χ1) is 6.39. The van der Waals surface area contributed by atoms with Crippen molar-refractivity contribution in [2.24, 2.45) is 11.3 Å². The summed E-state index contributed by atoms with van der Waals surface area (Å²) in [6.07, 6.45) is 1.94. The Labute approximate surface area is 88.4 Å². The van der Waals surface area contributed by atoms with E-state index in [1.807, 2.05) is 0 Å². The Balaban J connectivity index is 2.44. The van der Waals surface area contributed by atoms with E-state index in [1.165, 1.54) is 6.42 Å². The Hall–Kier alpha value is -0.0800. The smallest absolute Gasteiger partial charge is 0.0752 e. The third kappa shape index (κ3) is 3.58. The van der Waals surface area contributed by atoms with Gasteiger partial charge in [-0.15, -0.1) is 0 Å². The molecule has 0 aromatic rings. The van der Waals surface area contributed by atoms with E-state index in [2.05, 4.69) is 39.9 Å². The van der Waals surface area contributed by atoms with E-state index in [9.17, 15) is 0 Å². The van der Waals surface area contributed by atoms with Gasteiger partial charge in [0.05, 0.1) is 12.2 Å². The Kier molecular flexibility index (Phi) is 3.96. The minimum absolute atomic E-state index is 0.253. The first-order valence-corrected chi connectivity index (χ1v) is 5.75. The quantitative estimate of drug-likeness (QED) is 0.737. The van der Waals surface area contributed by atoms with Crippen LogP contribution in [0.3, 0.4) is 0 Å². The van der Waals surface area contributed by atoms with Crippen molar-refractivity contribution >= 4 is 0 Å². The lowest BCUT2D eigenvalue weighted by atomic mass is 9.87. The maximum absolute atomic E-state index is 6.10. The molecule has 0 spiro atoms. The van der Waals surface area contributed by atoms with Crippen LogP contribution in [0.4, 0.5) is 0 Å². The van der Waals surface area contributed by atoms with Crippen molar-refractivity contribution in [3.05, 3.63) is 0 Å². The molecule has 0 aliphatic carbocycles. The largest absolute Gasteiger partial charge is 0.372 e. The minimum Gasteiger partial charge on any atom is -0.372 e. The van der Waals surface area contributed by atoms with E-state index in [4.69, 9.17) is 4.74 Å². The van der Waals surface area contributed by atoms with E-state index in [0.29, 0.717) is 12.2 Å². The topological polar surface area (TPSA) is 21.3 Å². The highest BCUT2D eigenvalue weighted by atomic mass is 16.5. The van der Waals surface area contributed by atoms with Crippen LogP contribution in [0.25, 0.3) is 0 Å². The molecule has 1 aliphatic heterocycles. The van der Waals surface area contributed by atoms with E-state index >= 15 is 0 Å². The second-order valence-corrected chi connectivity index (χ2v) is 5.90. The molecule has 1 fully saturated rings. The highest BCUT2D eigenvalue weighted by molar-refractivity contribution is 4.83. The lowest BCUT2D eigenvalue weighted by Gasteiger charge is -2.39. The van der Waals surface area contributed by atoms with Crippen molar-refractivity contribution in [1.29, 1.82) is 0 Å². The van der Waals surface area contributed by atoms with Gasteiger partial charge in [0.15, 0.2) is 0 Å². The summed E-state index contributed by atoms with van der Waals surface area (Å²) in [5, 5.41) is 3.47. The Morgan fingerprint density at radius 3 is 2.43 bits per heavy atom. The molecule has 0 aromatic heterocycles. The summed E-state index contributed by atoms with van der Waals surface area (Å²) < 4.78 is 6.10. The van der Waals surface area contributed by atoms with Crippen LogP contribution in [0.2, 0.25) is 0 Å². The zero-order valence-electron chi connectivity index (χ0n) is 10.3. The van der Waals surface area contributed by atoms with Gasteiger partial charge in [-0.3, -0.25) is 0 Å². The summed E-state index contributed by atoms with van der Waals surface area (Å²) in [7, 11) is 0. The predicted octanol–water partition coefficient (Wildman–Crippen LogP) is 2.44. The molecule has 0 radical (unpaired) electrons. The van der Waals surface area contributed by atoms with Gasteiger partial charge >= 0.3 is 0 Å². The van der Waals surface area contributed by atoms with Gasteiger partial charge < -0.3 is 10.1 Å². The molecule has 14 heavy (non-hydrogen) atoms. The van der Waals surface area contributed by atoms with Crippen molar-refractivity contribution in [3.63, 3.8) is 0 Å². The van der Waals surface area contributed by atoms with Crippen LogP contribution in [0, 0.1) is 11.3 Å². The van der Waals surface area contributed by atoms with Crippen LogP contribution < -0.4 is 5.32 Å². The molecule has 1 aliphatic rings. The van der Waals surface area contributed by atoms with Crippen molar-refractivity contribution in [3.8, 4) is 0 Å². The van der Waals surface area contributed by atoms with Crippen LogP contribution in [0.15, 0.2) is 0 Å². The summed E-state index contributed by atoms with van der Waals surface area (Å²) in [4.78, 5) is 0. The van der Waals surface area contributed by atoms with Crippen LogP contribution >= 0.6 is 0 Å². The minimum atomic E-state index is 0.253. The zero-order valence-corrected chi connectivity index (χ0v) is 10.3. The fraction of sp³-hybridized carbons (Fsp3) is 1.00. The van der Waals surface area contributed by atoms with Gasteiger partial charge in [0.1, 0.15) is 0 Å². The van der Waals surface area contributed by atoms with Crippen LogP contribution in [-0.2, 0) is 4.74 Å². The van der Waals surface area contributed by atoms with E-state index in [-0.39, 0.29) is 5.41 Å². The predicted molar refractivity (Wildman–Crippen MR) is 60.4 cm³/mol. The van der Waals surface area contributed by atoms with Crippen LogP contribution in [0.1, 0.15) is 41.0 Å². The Morgan fingerprint density at radius 2 is 1.93 bits per heavy atom. The number of ether oxygens (including phenoxy) is 1. The molecule has 1 N–H and O–H groups in total. The van der Waals surface area contributed by atoms with Gasteiger partial charge in [0, 0.05) is 13.1 Å². The molecule has 2 heteroatoms. The monoisotopic (exact) mass is 199 g/mol. The molecule has 2 nitrogen and oxygen atoms in total. The molecule has 1 rings (SSSR count). The highest BCUT2D eigenvalue weighted by Gasteiger charge is 2.31. The van der Waals surface area contributed by atoms with Gasteiger partial charge in [-0.1, -0.05) is 34.6 Å². The normalized spacial score (nSPS) is 29.6. The second kappa shape index (κ2) is 4.63. The van der Waals surface area contributed by atoms with E-state index < -0.39 is 0 Å². The average Bonchev–Trinajstić information content (AvgIpc) is 2.01. The molecule has 0 amide bonds. The van der Waals surface area contributed by atoms with E-state index in [0.717, 1.165) is 19.0 Å². The van der Waals surface area contributed by atoms with Gasteiger partial charge in [-0.05, 0) is 17.8 Å². The standard InChI is InChI=1S/C12H25NO/c1-9(2)6-10-7-13-8-11(14-10)12(3,4)5/h9-11,13H,6-8H2,1-5H3. The maximum Gasteiger partial charge on any atom is 0.0752 e. The molecule has 1 heterocycles. The van der Waals surface area contributed by atoms with Crippen molar-refractivity contribution in [2.45, 2.75) is 53.2 Å². The van der Waals surface area contributed by atoms with E-state index in [1.54, 1.807) is 0 Å². The summed E-state index contributed by atoms with van der Waals surface area (Å²) in [6, 6.07) is 0. The third-order valence-electron chi connectivity index (χ3n) is 2.76. The molecule has 1 saturated heterocycles. The zero-order chi connectivity index (χ0) is 10.8. The molecule has 84 valence electrons. The third-order valence-corrected chi connectivity index (χ3v) is 2.76.